The molecular weight excluding hydrogens is 274 g/mol. The lowest BCUT2D eigenvalue weighted by molar-refractivity contribution is 0.0685. The van der Waals surface area contributed by atoms with Crippen molar-refractivity contribution < 1.29 is 19.4 Å². The van der Waals surface area contributed by atoms with Crippen molar-refractivity contribution in [3.05, 3.63) is 58.0 Å². The maximum atomic E-state index is 11.8. The Morgan fingerprint density at radius 1 is 1.29 bits per heavy atom. The quantitative estimate of drug-likeness (QED) is 0.906. The minimum Gasteiger partial charge on any atom is -0.497 e. The number of nitrogens with zero attached hydrogens (tertiary/aromatic N) is 1. The lowest BCUT2D eigenvalue weighted by atomic mass is 10.2. The average Bonchev–Trinajstić information content (AvgIpc) is 2.48. The second kappa shape index (κ2) is 6.13. The smallest absolute Gasteiger partial charge is 0.352 e. The molecule has 0 aliphatic heterocycles. The molecule has 0 amide bonds. The molecule has 0 aliphatic carbocycles. The summed E-state index contributed by atoms with van der Waals surface area (Å²) in [7, 11) is 3.13. The molecule has 1 aromatic heterocycles. The Hall–Kier alpha value is -2.76. The molecule has 0 saturated carbocycles. The van der Waals surface area contributed by atoms with Gasteiger partial charge in [-0.2, -0.15) is 0 Å². The zero-order valence-corrected chi connectivity index (χ0v) is 11.7. The van der Waals surface area contributed by atoms with Crippen LogP contribution in [0.4, 0.5) is 0 Å². The summed E-state index contributed by atoms with van der Waals surface area (Å²) in [5.74, 6) is -0.310. The highest BCUT2D eigenvalue weighted by atomic mass is 16.5. The first-order valence-corrected chi connectivity index (χ1v) is 6.21. The van der Waals surface area contributed by atoms with Gasteiger partial charge in [0, 0.05) is 13.1 Å². The Bertz CT molecular complexity index is 703. The normalized spacial score (nSPS) is 10.2. The number of aromatic carboxylic acids is 1. The first-order valence-electron chi connectivity index (χ1n) is 6.21. The van der Waals surface area contributed by atoms with Crippen LogP contribution in [0.3, 0.4) is 0 Å². The van der Waals surface area contributed by atoms with Crippen molar-refractivity contribution in [2.24, 2.45) is 7.05 Å². The van der Waals surface area contributed by atoms with E-state index in [-0.39, 0.29) is 18.1 Å². The summed E-state index contributed by atoms with van der Waals surface area (Å²) in [5.41, 5.74) is 0.330. The molecule has 0 fully saturated rings. The summed E-state index contributed by atoms with van der Waals surface area (Å²) in [6.07, 6.45) is 1.37. The van der Waals surface area contributed by atoms with Crippen molar-refractivity contribution in [2.75, 3.05) is 7.11 Å². The summed E-state index contributed by atoms with van der Waals surface area (Å²) in [6, 6.07) is 8.30. The largest absolute Gasteiger partial charge is 0.497 e. The predicted octanol–water partition coefficient (Wildman–Crippen LogP) is 1.67. The summed E-state index contributed by atoms with van der Waals surface area (Å²) in [6.45, 7) is 0.214. The molecule has 0 aliphatic rings. The number of carboxylic acids is 1. The van der Waals surface area contributed by atoms with Crippen LogP contribution in [0.15, 0.2) is 41.3 Å². The Morgan fingerprint density at radius 3 is 2.52 bits per heavy atom. The van der Waals surface area contributed by atoms with Crippen LogP contribution in [0.5, 0.6) is 11.5 Å². The number of methoxy groups -OCH3 is 1. The van der Waals surface area contributed by atoms with E-state index in [0.717, 1.165) is 17.4 Å². The van der Waals surface area contributed by atoms with Gasteiger partial charge in [-0.15, -0.1) is 0 Å². The lowest BCUT2D eigenvalue weighted by Crippen LogP contribution is -2.16. The number of benzene rings is 1. The van der Waals surface area contributed by atoms with Crippen molar-refractivity contribution >= 4 is 5.97 Å². The van der Waals surface area contributed by atoms with Crippen LogP contribution in [0.25, 0.3) is 0 Å². The topological polar surface area (TPSA) is 77.8 Å². The Balaban J connectivity index is 2.14. The number of carboxylic acid groups (broad SMARTS) is 1. The molecule has 6 heteroatoms. The number of ether oxygens (including phenoxy) is 2. The molecule has 1 heterocycles. The van der Waals surface area contributed by atoms with Crippen LogP contribution in [-0.2, 0) is 13.7 Å². The van der Waals surface area contributed by atoms with E-state index >= 15 is 0 Å². The van der Waals surface area contributed by atoms with Crippen LogP contribution in [0, 0.1) is 0 Å². The van der Waals surface area contributed by atoms with Gasteiger partial charge in [0.1, 0.15) is 18.1 Å². The van der Waals surface area contributed by atoms with Crippen LogP contribution in [-0.4, -0.2) is 22.8 Å². The van der Waals surface area contributed by atoms with E-state index in [2.05, 4.69) is 0 Å². The third-order valence-corrected chi connectivity index (χ3v) is 2.97. The van der Waals surface area contributed by atoms with E-state index in [1.54, 1.807) is 26.3 Å². The van der Waals surface area contributed by atoms with Crippen molar-refractivity contribution in [3.8, 4) is 11.5 Å². The first kappa shape index (κ1) is 14.6. The fourth-order valence-electron chi connectivity index (χ4n) is 1.81. The SMILES string of the molecule is COc1ccc(COc2cn(C)c(C(=O)O)cc2=O)cc1. The summed E-state index contributed by atoms with van der Waals surface area (Å²) < 4.78 is 11.8. The molecule has 110 valence electrons. The molecule has 6 nitrogen and oxygen atoms in total. The molecule has 0 bridgehead atoms. The number of hydrogen-bond donors (Lipinski definition) is 1. The number of carbonyl (C=O) groups is 1. The third kappa shape index (κ3) is 3.42. The standard InChI is InChI=1S/C15H15NO5/c1-16-8-14(13(17)7-12(16)15(18)19)21-9-10-3-5-11(20-2)6-4-10/h3-8H,9H2,1-2H3,(H,18,19). The lowest BCUT2D eigenvalue weighted by Gasteiger charge is -2.09. The molecule has 1 aromatic carbocycles. The molecule has 0 unspecified atom stereocenters. The molecule has 2 aromatic rings. The van der Waals surface area contributed by atoms with E-state index < -0.39 is 11.4 Å². The molecule has 1 N–H and O–H groups in total. The number of pyridine rings is 1. The van der Waals surface area contributed by atoms with E-state index in [0.29, 0.717) is 0 Å². The molecule has 0 radical (unpaired) electrons. The zero-order valence-electron chi connectivity index (χ0n) is 11.7. The Labute approximate surface area is 121 Å². The number of aryl methyl sites for hydroxylation is 1. The van der Waals surface area contributed by atoms with Crippen LogP contribution in [0.2, 0.25) is 0 Å². The Morgan fingerprint density at radius 2 is 1.95 bits per heavy atom. The molecular formula is C15H15NO5. The van der Waals surface area contributed by atoms with Gasteiger partial charge >= 0.3 is 5.97 Å². The van der Waals surface area contributed by atoms with Gasteiger partial charge in [0.05, 0.1) is 13.3 Å². The predicted molar refractivity (Wildman–Crippen MR) is 76.0 cm³/mol. The van der Waals surface area contributed by atoms with Crippen molar-refractivity contribution in [1.29, 1.82) is 0 Å². The van der Waals surface area contributed by atoms with Gasteiger partial charge in [-0.1, -0.05) is 12.1 Å². The second-order valence-corrected chi connectivity index (χ2v) is 4.44. The minimum atomic E-state index is -1.16. The highest BCUT2D eigenvalue weighted by Crippen LogP contribution is 2.13. The molecule has 0 spiro atoms. The summed E-state index contributed by atoms with van der Waals surface area (Å²) >= 11 is 0. The maximum Gasteiger partial charge on any atom is 0.352 e. The monoisotopic (exact) mass is 289 g/mol. The molecule has 2 rings (SSSR count). The zero-order chi connectivity index (χ0) is 15.4. The molecule has 21 heavy (non-hydrogen) atoms. The van der Waals surface area contributed by atoms with Crippen molar-refractivity contribution in [3.63, 3.8) is 0 Å². The van der Waals surface area contributed by atoms with Crippen molar-refractivity contribution in [1.82, 2.24) is 4.57 Å². The summed E-state index contributed by atoms with van der Waals surface area (Å²) in [4.78, 5) is 22.7. The fraction of sp³-hybridized carbons (Fsp3) is 0.200. The highest BCUT2D eigenvalue weighted by molar-refractivity contribution is 5.85. The minimum absolute atomic E-state index is 0.0863. The van der Waals surface area contributed by atoms with E-state index in [1.165, 1.54) is 10.8 Å². The van der Waals surface area contributed by atoms with Gasteiger partial charge in [-0.25, -0.2) is 4.79 Å². The number of aromatic nitrogens is 1. The van der Waals surface area contributed by atoms with Gasteiger partial charge in [0.2, 0.25) is 5.43 Å². The first-order chi connectivity index (χ1) is 10.0. The van der Waals surface area contributed by atoms with Gasteiger partial charge in [0.25, 0.3) is 0 Å². The maximum absolute atomic E-state index is 11.8. The summed E-state index contributed by atoms with van der Waals surface area (Å²) in [5, 5.41) is 8.93. The van der Waals surface area contributed by atoms with E-state index in [9.17, 15) is 9.59 Å². The van der Waals surface area contributed by atoms with Gasteiger partial charge < -0.3 is 19.1 Å². The molecule has 0 saturated heterocycles. The fourth-order valence-corrected chi connectivity index (χ4v) is 1.81. The third-order valence-electron chi connectivity index (χ3n) is 2.97. The average molecular weight is 289 g/mol. The number of hydrogen-bond acceptors (Lipinski definition) is 4. The van der Waals surface area contributed by atoms with Crippen LogP contribution >= 0.6 is 0 Å². The van der Waals surface area contributed by atoms with Gasteiger partial charge in [-0.3, -0.25) is 4.79 Å². The second-order valence-electron chi connectivity index (χ2n) is 4.44. The van der Waals surface area contributed by atoms with Crippen LogP contribution in [0.1, 0.15) is 16.1 Å². The molecule has 0 atom stereocenters. The van der Waals surface area contributed by atoms with Gasteiger partial charge in [-0.05, 0) is 17.7 Å². The van der Waals surface area contributed by atoms with Crippen LogP contribution < -0.4 is 14.9 Å². The van der Waals surface area contributed by atoms with E-state index in [4.69, 9.17) is 14.6 Å². The van der Waals surface area contributed by atoms with Gasteiger partial charge in [0.15, 0.2) is 5.75 Å². The van der Waals surface area contributed by atoms with E-state index in [1.807, 2.05) is 12.1 Å². The van der Waals surface area contributed by atoms with Crippen molar-refractivity contribution in [2.45, 2.75) is 6.61 Å². The Kier molecular flexibility index (Phi) is 4.27. The highest BCUT2D eigenvalue weighted by Gasteiger charge is 2.11. The number of rotatable bonds is 5.